The second-order valence-electron chi connectivity index (χ2n) is 7.25. The molecule has 1 saturated heterocycles. The number of likely N-dealkylation sites (tertiary alicyclic amines) is 1. The largest absolute Gasteiger partial charge is 0.385 e. The van der Waals surface area contributed by atoms with Gasteiger partial charge in [0.05, 0.1) is 17.9 Å². The Morgan fingerprint density at radius 1 is 1.38 bits per heavy atom. The Bertz CT molecular complexity index is 957. The zero-order valence-corrected chi connectivity index (χ0v) is 16.1. The number of piperidine rings is 1. The maximum absolute atomic E-state index is 13.2. The van der Waals surface area contributed by atoms with Gasteiger partial charge in [0.1, 0.15) is 11.5 Å². The first-order chi connectivity index (χ1) is 14.1. The zero-order valence-electron chi connectivity index (χ0n) is 16.1. The molecule has 1 aliphatic heterocycles. The number of H-pyrrole nitrogens is 1. The van der Waals surface area contributed by atoms with Gasteiger partial charge in [-0.2, -0.15) is 4.98 Å². The second kappa shape index (κ2) is 8.12. The van der Waals surface area contributed by atoms with E-state index in [0.717, 1.165) is 12.8 Å². The number of benzene rings is 1. The van der Waals surface area contributed by atoms with Crippen molar-refractivity contribution in [3.8, 4) is 11.5 Å². The Morgan fingerprint density at radius 2 is 2.21 bits per heavy atom. The molecule has 9 heteroatoms. The molecule has 1 amide bonds. The van der Waals surface area contributed by atoms with Gasteiger partial charge in [0.25, 0.3) is 11.8 Å². The number of hydrogen-bond donors (Lipinski definition) is 1. The molecule has 0 aliphatic carbocycles. The van der Waals surface area contributed by atoms with Crippen LogP contribution in [0.25, 0.3) is 11.5 Å². The third-order valence-electron chi connectivity index (χ3n) is 5.37. The topological polar surface area (TPSA) is 97.1 Å². The summed E-state index contributed by atoms with van der Waals surface area (Å²) in [6.45, 7) is 1.61. The molecule has 3 heterocycles. The molecule has 8 nitrogen and oxygen atoms in total. The number of aromatic amines is 1. The standard InChI is InChI=1S/C20H22FN5O3/c1-28-10-8-20(7-2-9-26(12-20)18(27)16-11-22-13-23-16)19-24-17(29-25-19)14-3-5-15(21)6-4-14/h3-6,11,13H,2,7-10,12H2,1H3,(H,22,23). The number of aromatic nitrogens is 4. The molecule has 1 unspecified atom stereocenters. The van der Waals surface area contributed by atoms with Crippen molar-refractivity contribution in [2.24, 2.45) is 0 Å². The lowest BCUT2D eigenvalue weighted by Crippen LogP contribution is -2.49. The van der Waals surface area contributed by atoms with Crippen LogP contribution in [0, 0.1) is 5.82 Å². The molecule has 29 heavy (non-hydrogen) atoms. The maximum Gasteiger partial charge on any atom is 0.271 e. The van der Waals surface area contributed by atoms with E-state index in [1.165, 1.54) is 24.7 Å². The molecule has 3 aromatic rings. The number of imidazole rings is 1. The normalized spacial score (nSPS) is 19.4. The molecule has 0 spiro atoms. The summed E-state index contributed by atoms with van der Waals surface area (Å²) >= 11 is 0. The third kappa shape index (κ3) is 3.91. The molecule has 1 fully saturated rings. The number of hydrogen-bond acceptors (Lipinski definition) is 6. The number of carbonyl (C=O) groups excluding carboxylic acids is 1. The number of nitrogens with zero attached hydrogens (tertiary/aromatic N) is 4. The number of halogens is 1. The van der Waals surface area contributed by atoms with Gasteiger partial charge in [0.15, 0.2) is 5.82 Å². The van der Waals surface area contributed by atoms with Gasteiger partial charge >= 0.3 is 0 Å². The number of carbonyl (C=O) groups is 1. The van der Waals surface area contributed by atoms with Gasteiger partial charge < -0.3 is 19.1 Å². The quantitative estimate of drug-likeness (QED) is 0.685. The van der Waals surface area contributed by atoms with E-state index in [2.05, 4.69) is 20.1 Å². The van der Waals surface area contributed by atoms with Gasteiger partial charge in [0.2, 0.25) is 0 Å². The lowest BCUT2D eigenvalue weighted by atomic mass is 9.76. The van der Waals surface area contributed by atoms with Crippen molar-refractivity contribution in [3.63, 3.8) is 0 Å². The summed E-state index contributed by atoms with van der Waals surface area (Å²) in [5, 5.41) is 4.23. The van der Waals surface area contributed by atoms with Crippen LogP contribution in [0.15, 0.2) is 41.3 Å². The molecular formula is C20H22FN5O3. The molecule has 1 aromatic carbocycles. The third-order valence-corrected chi connectivity index (χ3v) is 5.37. The Morgan fingerprint density at radius 3 is 2.93 bits per heavy atom. The average molecular weight is 399 g/mol. The first-order valence-electron chi connectivity index (χ1n) is 9.48. The van der Waals surface area contributed by atoms with Crippen LogP contribution in [-0.4, -0.2) is 57.7 Å². The predicted octanol–water partition coefficient (Wildman–Crippen LogP) is 2.81. The van der Waals surface area contributed by atoms with E-state index in [9.17, 15) is 9.18 Å². The summed E-state index contributed by atoms with van der Waals surface area (Å²) in [5.41, 5.74) is 0.618. The van der Waals surface area contributed by atoms with Crippen LogP contribution in [-0.2, 0) is 10.2 Å². The van der Waals surface area contributed by atoms with E-state index in [1.54, 1.807) is 24.1 Å². The van der Waals surface area contributed by atoms with Crippen LogP contribution in [0.4, 0.5) is 4.39 Å². The highest BCUT2D eigenvalue weighted by Gasteiger charge is 2.42. The van der Waals surface area contributed by atoms with E-state index >= 15 is 0 Å². The number of amides is 1. The Labute approximate surface area is 167 Å². The molecule has 1 aliphatic rings. The highest BCUT2D eigenvalue weighted by atomic mass is 19.1. The molecule has 0 saturated carbocycles. The molecule has 2 aromatic heterocycles. The molecule has 1 N–H and O–H groups in total. The fourth-order valence-corrected chi connectivity index (χ4v) is 3.79. The van der Waals surface area contributed by atoms with Gasteiger partial charge in [-0.05, 0) is 43.5 Å². The van der Waals surface area contributed by atoms with E-state index in [4.69, 9.17) is 9.26 Å². The lowest BCUT2D eigenvalue weighted by Gasteiger charge is -2.40. The molecule has 1 atom stereocenters. The first kappa shape index (κ1) is 19.3. The van der Waals surface area contributed by atoms with Crippen molar-refractivity contribution >= 4 is 5.91 Å². The summed E-state index contributed by atoms with van der Waals surface area (Å²) in [5.74, 6) is 0.432. The summed E-state index contributed by atoms with van der Waals surface area (Å²) in [6.07, 6.45) is 5.28. The first-order valence-corrected chi connectivity index (χ1v) is 9.48. The van der Waals surface area contributed by atoms with Gasteiger partial charge in [0, 0.05) is 32.4 Å². The number of rotatable bonds is 6. The number of ether oxygens (including phenoxy) is 1. The molecular weight excluding hydrogens is 377 g/mol. The molecule has 0 bridgehead atoms. The van der Waals surface area contributed by atoms with Crippen LogP contribution in [0.2, 0.25) is 0 Å². The average Bonchev–Trinajstić information content (AvgIpc) is 3.45. The van der Waals surface area contributed by atoms with Crippen LogP contribution in [0.3, 0.4) is 0 Å². The summed E-state index contributed by atoms with van der Waals surface area (Å²) < 4.78 is 24.0. The maximum atomic E-state index is 13.2. The molecule has 0 radical (unpaired) electrons. The minimum atomic E-state index is -0.480. The van der Waals surface area contributed by atoms with Crippen LogP contribution in [0.5, 0.6) is 0 Å². The van der Waals surface area contributed by atoms with Gasteiger partial charge in [-0.1, -0.05) is 5.16 Å². The van der Waals surface area contributed by atoms with Crippen molar-refractivity contribution in [1.29, 1.82) is 0 Å². The molecule has 152 valence electrons. The van der Waals surface area contributed by atoms with Crippen LogP contribution in [0.1, 0.15) is 35.6 Å². The highest BCUT2D eigenvalue weighted by Crippen LogP contribution is 2.37. The Kier molecular flexibility index (Phi) is 5.39. The van der Waals surface area contributed by atoms with Crippen molar-refractivity contribution < 1.29 is 18.4 Å². The fraction of sp³-hybridized carbons (Fsp3) is 0.400. The highest BCUT2D eigenvalue weighted by molar-refractivity contribution is 5.92. The van der Waals surface area contributed by atoms with E-state index in [-0.39, 0.29) is 11.7 Å². The molecule has 4 rings (SSSR count). The zero-order chi connectivity index (χ0) is 20.3. The lowest BCUT2D eigenvalue weighted by molar-refractivity contribution is 0.0562. The Balaban J connectivity index is 1.63. The summed E-state index contributed by atoms with van der Waals surface area (Å²) in [7, 11) is 1.64. The van der Waals surface area contributed by atoms with Crippen molar-refractivity contribution in [2.75, 3.05) is 26.8 Å². The van der Waals surface area contributed by atoms with Crippen LogP contribution >= 0.6 is 0 Å². The van der Waals surface area contributed by atoms with Crippen molar-refractivity contribution in [2.45, 2.75) is 24.7 Å². The monoisotopic (exact) mass is 399 g/mol. The fourth-order valence-electron chi connectivity index (χ4n) is 3.79. The van der Waals surface area contributed by atoms with Crippen molar-refractivity contribution in [3.05, 3.63) is 54.1 Å². The van der Waals surface area contributed by atoms with Gasteiger partial charge in [-0.25, -0.2) is 9.37 Å². The van der Waals surface area contributed by atoms with Gasteiger partial charge in [-0.3, -0.25) is 4.79 Å². The minimum absolute atomic E-state index is 0.105. The van der Waals surface area contributed by atoms with Crippen molar-refractivity contribution in [1.82, 2.24) is 25.0 Å². The predicted molar refractivity (Wildman–Crippen MR) is 102 cm³/mol. The number of nitrogens with one attached hydrogen (secondary N) is 1. The van der Waals surface area contributed by atoms with Crippen LogP contribution < -0.4 is 0 Å². The van der Waals surface area contributed by atoms with E-state index < -0.39 is 5.41 Å². The van der Waals surface area contributed by atoms with Gasteiger partial charge in [-0.15, -0.1) is 0 Å². The summed E-state index contributed by atoms with van der Waals surface area (Å²) in [6, 6.07) is 5.91. The van der Waals surface area contributed by atoms with E-state index in [0.29, 0.717) is 49.1 Å². The SMILES string of the molecule is COCCC1(c2noc(-c3ccc(F)cc3)n2)CCCN(C(=O)c2cnc[nH]2)C1. The Hall–Kier alpha value is -3.07. The van der Waals surface area contributed by atoms with E-state index in [1.807, 2.05) is 0 Å². The summed E-state index contributed by atoms with van der Waals surface area (Å²) in [4.78, 5) is 26.0. The minimum Gasteiger partial charge on any atom is -0.385 e. The number of methoxy groups -OCH3 is 1. The second-order valence-corrected chi connectivity index (χ2v) is 7.25. The smallest absolute Gasteiger partial charge is 0.271 e.